The fraction of sp³-hybridized carbons (Fsp3) is 0.467. The Morgan fingerprint density at radius 3 is 2.52 bits per heavy atom. The van der Waals surface area contributed by atoms with Crippen LogP contribution in [0.1, 0.15) is 36.0 Å². The standard InChI is InChI=1S/C15H21N3O3/c1-21-15(20)10-6-7-13(12(16)8-10)18(9-14(17)19)11-4-2-3-5-11/h6-8,11H,2-5,9,16H2,1H3,(H2,17,19). The number of methoxy groups -OCH3 is 1. The van der Waals surface area contributed by atoms with Gasteiger partial charge in [0.1, 0.15) is 0 Å². The molecule has 1 aliphatic carbocycles. The summed E-state index contributed by atoms with van der Waals surface area (Å²) in [5.41, 5.74) is 13.0. The van der Waals surface area contributed by atoms with Crippen LogP contribution in [0.2, 0.25) is 0 Å². The maximum absolute atomic E-state index is 11.5. The van der Waals surface area contributed by atoms with E-state index in [0.29, 0.717) is 11.3 Å². The highest BCUT2D eigenvalue weighted by Gasteiger charge is 2.25. The third-order valence-electron chi connectivity index (χ3n) is 3.85. The lowest BCUT2D eigenvalue weighted by molar-refractivity contribution is -0.116. The average Bonchev–Trinajstić information content (AvgIpc) is 2.98. The fourth-order valence-electron chi connectivity index (χ4n) is 2.86. The minimum Gasteiger partial charge on any atom is -0.465 e. The zero-order valence-electron chi connectivity index (χ0n) is 12.2. The van der Waals surface area contributed by atoms with E-state index >= 15 is 0 Å². The van der Waals surface area contributed by atoms with Crippen molar-refractivity contribution < 1.29 is 14.3 Å². The number of rotatable bonds is 5. The lowest BCUT2D eigenvalue weighted by Gasteiger charge is -2.31. The highest BCUT2D eigenvalue weighted by atomic mass is 16.5. The van der Waals surface area contributed by atoms with Gasteiger partial charge >= 0.3 is 5.97 Å². The molecule has 0 aliphatic heterocycles. The first-order valence-corrected chi connectivity index (χ1v) is 7.05. The second-order valence-corrected chi connectivity index (χ2v) is 5.30. The number of ether oxygens (including phenoxy) is 1. The van der Waals surface area contributed by atoms with Crippen molar-refractivity contribution in [2.24, 2.45) is 5.73 Å². The number of nitrogens with two attached hydrogens (primary N) is 2. The molecule has 0 saturated heterocycles. The number of hydrogen-bond donors (Lipinski definition) is 2. The van der Waals surface area contributed by atoms with Gasteiger partial charge in [0.25, 0.3) is 0 Å². The summed E-state index contributed by atoms with van der Waals surface area (Å²) in [7, 11) is 1.32. The Hall–Kier alpha value is -2.24. The highest BCUT2D eigenvalue weighted by Crippen LogP contribution is 2.32. The molecule has 0 radical (unpaired) electrons. The Balaban J connectivity index is 2.30. The number of amides is 1. The molecule has 1 aliphatic rings. The number of carbonyl (C=O) groups is 2. The molecule has 1 fully saturated rings. The van der Waals surface area contributed by atoms with E-state index in [1.54, 1.807) is 18.2 Å². The van der Waals surface area contributed by atoms with Crippen LogP contribution < -0.4 is 16.4 Å². The van der Waals surface area contributed by atoms with E-state index in [1.165, 1.54) is 7.11 Å². The summed E-state index contributed by atoms with van der Waals surface area (Å²) in [6.45, 7) is 0.131. The van der Waals surface area contributed by atoms with Crippen molar-refractivity contribution in [1.29, 1.82) is 0 Å². The summed E-state index contributed by atoms with van der Waals surface area (Å²) in [6, 6.07) is 5.25. The zero-order chi connectivity index (χ0) is 15.4. The molecule has 2 rings (SSSR count). The Labute approximate surface area is 124 Å². The largest absolute Gasteiger partial charge is 0.465 e. The number of nitrogen functional groups attached to an aromatic ring is 1. The van der Waals surface area contributed by atoms with Crippen molar-refractivity contribution in [2.45, 2.75) is 31.7 Å². The molecule has 0 bridgehead atoms. The van der Waals surface area contributed by atoms with Gasteiger partial charge in [0.15, 0.2) is 0 Å². The van der Waals surface area contributed by atoms with Gasteiger partial charge < -0.3 is 21.1 Å². The third kappa shape index (κ3) is 3.45. The third-order valence-corrected chi connectivity index (χ3v) is 3.85. The maximum Gasteiger partial charge on any atom is 0.337 e. The van der Waals surface area contributed by atoms with Gasteiger partial charge in [0.2, 0.25) is 5.91 Å². The number of nitrogens with zero attached hydrogens (tertiary/aromatic N) is 1. The lowest BCUT2D eigenvalue weighted by atomic mass is 10.1. The molecule has 1 aromatic carbocycles. The van der Waals surface area contributed by atoms with Crippen LogP contribution in [0.15, 0.2) is 18.2 Å². The molecular weight excluding hydrogens is 270 g/mol. The summed E-state index contributed by atoms with van der Waals surface area (Å²) in [5.74, 6) is -0.825. The van der Waals surface area contributed by atoms with Crippen molar-refractivity contribution in [3.05, 3.63) is 23.8 Å². The lowest BCUT2D eigenvalue weighted by Crippen LogP contribution is -2.40. The smallest absolute Gasteiger partial charge is 0.337 e. The van der Waals surface area contributed by atoms with Crippen LogP contribution in [0.25, 0.3) is 0 Å². The van der Waals surface area contributed by atoms with Crippen LogP contribution in [0.5, 0.6) is 0 Å². The molecule has 0 atom stereocenters. The summed E-state index contributed by atoms with van der Waals surface area (Å²) in [6.07, 6.45) is 4.32. The van der Waals surface area contributed by atoms with E-state index in [4.69, 9.17) is 11.5 Å². The maximum atomic E-state index is 11.5. The van der Waals surface area contributed by atoms with Gasteiger partial charge in [-0.25, -0.2) is 4.79 Å². The van der Waals surface area contributed by atoms with Gasteiger partial charge in [-0.2, -0.15) is 0 Å². The molecule has 1 saturated carbocycles. The second kappa shape index (κ2) is 6.47. The molecule has 0 heterocycles. The summed E-state index contributed by atoms with van der Waals surface area (Å²) < 4.78 is 4.67. The van der Waals surface area contributed by atoms with E-state index < -0.39 is 11.9 Å². The van der Waals surface area contributed by atoms with Crippen molar-refractivity contribution in [3.8, 4) is 0 Å². The monoisotopic (exact) mass is 291 g/mol. The number of benzene rings is 1. The Kier molecular flexibility index (Phi) is 4.67. The number of primary amides is 1. The topological polar surface area (TPSA) is 98.6 Å². The molecule has 114 valence electrons. The number of anilines is 2. The highest BCUT2D eigenvalue weighted by molar-refractivity contribution is 5.92. The number of carbonyl (C=O) groups excluding carboxylic acids is 2. The van der Waals surface area contributed by atoms with Gasteiger partial charge in [-0.1, -0.05) is 12.8 Å². The van der Waals surface area contributed by atoms with Gasteiger partial charge in [-0.3, -0.25) is 4.79 Å². The van der Waals surface area contributed by atoms with E-state index in [9.17, 15) is 9.59 Å². The van der Waals surface area contributed by atoms with Crippen LogP contribution in [0.4, 0.5) is 11.4 Å². The summed E-state index contributed by atoms with van der Waals surface area (Å²) in [5, 5.41) is 0. The molecule has 6 heteroatoms. The van der Waals surface area contributed by atoms with Crippen LogP contribution in [-0.4, -0.2) is 31.6 Å². The fourth-order valence-corrected chi connectivity index (χ4v) is 2.86. The predicted molar refractivity (Wildman–Crippen MR) is 81.0 cm³/mol. The molecule has 0 aromatic heterocycles. The normalized spacial score (nSPS) is 14.9. The molecule has 1 amide bonds. The van der Waals surface area contributed by atoms with Gasteiger partial charge in [-0.15, -0.1) is 0 Å². The molecule has 4 N–H and O–H groups in total. The van der Waals surface area contributed by atoms with Crippen LogP contribution in [0.3, 0.4) is 0 Å². The minimum atomic E-state index is -0.435. The Morgan fingerprint density at radius 2 is 2.00 bits per heavy atom. The quantitative estimate of drug-likeness (QED) is 0.629. The van der Waals surface area contributed by atoms with E-state index in [1.807, 2.05) is 4.90 Å². The van der Waals surface area contributed by atoms with Crippen molar-refractivity contribution in [1.82, 2.24) is 0 Å². The first kappa shape index (κ1) is 15.2. The van der Waals surface area contributed by atoms with Crippen molar-refractivity contribution in [3.63, 3.8) is 0 Å². The van der Waals surface area contributed by atoms with Crippen LogP contribution in [0, 0.1) is 0 Å². The summed E-state index contributed by atoms with van der Waals surface area (Å²) in [4.78, 5) is 24.8. The second-order valence-electron chi connectivity index (χ2n) is 5.30. The predicted octanol–water partition coefficient (Wildman–Crippen LogP) is 1.29. The summed E-state index contributed by atoms with van der Waals surface area (Å²) >= 11 is 0. The molecule has 6 nitrogen and oxygen atoms in total. The Morgan fingerprint density at radius 1 is 1.33 bits per heavy atom. The first-order valence-electron chi connectivity index (χ1n) is 7.05. The number of hydrogen-bond acceptors (Lipinski definition) is 5. The van der Waals surface area contributed by atoms with E-state index in [0.717, 1.165) is 31.4 Å². The van der Waals surface area contributed by atoms with Gasteiger partial charge in [0, 0.05) is 6.04 Å². The molecule has 0 unspecified atom stereocenters. The van der Waals surface area contributed by atoms with Gasteiger partial charge in [-0.05, 0) is 31.0 Å². The number of esters is 1. The molecule has 0 spiro atoms. The Bertz CT molecular complexity index is 539. The van der Waals surface area contributed by atoms with Crippen LogP contribution in [-0.2, 0) is 9.53 Å². The minimum absolute atomic E-state index is 0.131. The van der Waals surface area contributed by atoms with Crippen molar-refractivity contribution in [2.75, 3.05) is 24.3 Å². The molecular formula is C15H21N3O3. The SMILES string of the molecule is COC(=O)c1ccc(N(CC(N)=O)C2CCCC2)c(N)c1. The van der Waals surface area contributed by atoms with E-state index in [-0.39, 0.29) is 12.6 Å². The van der Waals surface area contributed by atoms with Crippen LogP contribution >= 0.6 is 0 Å². The van der Waals surface area contributed by atoms with Crippen molar-refractivity contribution >= 4 is 23.3 Å². The van der Waals surface area contributed by atoms with Gasteiger partial charge in [0.05, 0.1) is 30.6 Å². The van der Waals surface area contributed by atoms with E-state index in [2.05, 4.69) is 4.74 Å². The average molecular weight is 291 g/mol. The first-order chi connectivity index (χ1) is 10.0. The molecule has 21 heavy (non-hydrogen) atoms. The zero-order valence-corrected chi connectivity index (χ0v) is 12.2. The molecule has 1 aromatic rings.